The number of esters is 2. The van der Waals surface area contributed by atoms with Gasteiger partial charge in [-0.25, -0.2) is 14.3 Å². The first-order chi connectivity index (χ1) is 15.5. The van der Waals surface area contributed by atoms with Crippen LogP contribution in [0, 0.1) is 6.92 Å². The van der Waals surface area contributed by atoms with Crippen LogP contribution in [-0.4, -0.2) is 49.0 Å². The number of hydrogen-bond acceptors (Lipinski definition) is 6. The van der Waals surface area contributed by atoms with E-state index in [-0.39, 0.29) is 17.0 Å². The van der Waals surface area contributed by atoms with Gasteiger partial charge in [0.05, 0.1) is 24.9 Å². The van der Waals surface area contributed by atoms with Crippen molar-refractivity contribution in [3.05, 3.63) is 64.3 Å². The van der Waals surface area contributed by atoms with E-state index in [4.69, 9.17) is 21.1 Å². The van der Waals surface area contributed by atoms with Crippen molar-refractivity contribution in [1.29, 1.82) is 0 Å². The third-order valence-electron chi connectivity index (χ3n) is 5.71. The summed E-state index contributed by atoms with van der Waals surface area (Å²) in [5, 5.41) is 5.12. The van der Waals surface area contributed by atoms with Crippen molar-refractivity contribution in [1.82, 2.24) is 9.78 Å². The molecule has 0 aliphatic carbocycles. The number of ether oxygens (including phenoxy) is 2. The van der Waals surface area contributed by atoms with Crippen LogP contribution < -0.4 is 4.90 Å². The van der Waals surface area contributed by atoms with Crippen LogP contribution in [0.1, 0.15) is 39.3 Å². The third-order valence-corrected chi connectivity index (χ3v) is 6.20. The summed E-state index contributed by atoms with van der Waals surface area (Å²) < 4.78 is 11.4. The van der Waals surface area contributed by atoms with E-state index in [2.05, 4.69) is 10.00 Å². The summed E-state index contributed by atoms with van der Waals surface area (Å²) in [5.74, 6) is -1.39. The molecule has 32 heavy (non-hydrogen) atoms. The maximum Gasteiger partial charge on any atom is 0.357 e. The maximum absolute atomic E-state index is 12.8. The zero-order valence-electron chi connectivity index (χ0n) is 18.2. The summed E-state index contributed by atoms with van der Waals surface area (Å²) in [6.45, 7) is 3.92. The van der Waals surface area contributed by atoms with E-state index in [9.17, 15) is 9.59 Å². The van der Waals surface area contributed by atoms with E-state index in [0.29, 0.717) is 16.3 Å². The first-order valence-electron chi connectivity index (χ1n) is 10.4. The molecule has 1 saturated heterocycles. The zero-order valence-corrected chi connectivity index (χ0v) is 19.0. The minimum Gasteiger partial charge on any atom is -0.465 e. The maximum atomic E-state index is 12.8. The fourth-order valence-corrected chi connectivity index (χ4v) is 4.35. The molecule has 0 spiro atoms. The van der Waals surface area contributed by atoms with E-state index >= 15 is 0 Å². The molecule has 0 amide bonds. The molecule has 0 atom stereocenters. The van der Waals surface area contributed by atoms with Crippen LogP contribution in [0.5, 0.6) is 0 Å². The van der Waals surface area contributed by atoms with Gasteiger partial charge in [-0.05, 0) is 49.6 Å². The van der Waals surface area contributed by atoms with E-state index in [0.717, 1.165) is 37.2 Å². The number of anilines is 1. The van der Waals surface area contributed by atoms with Crippen molar-refractivity contribution in [3.63, 3.8) is 0 Å². The second-order valence-corrected chi connectivity index (χ2v) is 7.95. The molecule has 0 N–H and O–H groups in total. The fourth-order valence-electron chi connectivity index (χ4n) is 4.10. The minimum absolute atomic E-state index is 0.0124. The normalized spacial score (nSPS) is 13.3. The summed E-state index contributed by atoms with van der Waals surface area (Å²) in [7, 11) is 2.52. The van der Waals surface area contributed by atoms with Gasteiger partial charge >= 0.3 is 11.9 Å². The Labute approximate surface area is 191 Å². The van der Waals surface area contributed by atoms with Gasteiger partial charge in [0.1, 0.15) is 11.3 Å². The van der Waals surface area contributed by atoms with E-state index < -0.39 is 11.9 Å². The van der Waals surface area contributed by atoms with Crippen LogP contribution in [0.25, 0.3) is 16.9 Å². The lowest BCUT2D eigenvalue weighted by atomic mass is 10.0. The minimum atomic E-state index is -0.700. The molecule has 7 nitrogen and oxygen atoms in total. The Kier molecular flexibility index (Phi) is 6.19. The average molecular weight is 454 g/mol. The zero-order chi connectivity index (χ0) is 22.8. The molecule has 1 aromatic heterocycles. The molecule has 0 radical (unpaired) electrons. The standard InChI is InChI=1S/C24H24ClN3O4/c1-15-18(27-13-7-8-14-27)12-11-17(20(15)25)21-19(23(29)31-2)22(24(30)32-3)28(26-21)16-9-5-4-6-10-16/h4-6,9-12H,7-8,13-14H2,1-3H3. The topological polar surface area (TPSA) is 73.7 Å². The van der Waals surface area contributed by atoms with Gasteiger partial charge in [-0.3, -0.25) is 0 Å². The lowest BCUT2D eigenvalue weighted by molar-refractivity contribution is 0.0549. The van der Waals surface area contributed by atoms with Crippen LogP contribution in [0.3, 0.4) is 0 Å². The molecule has 4 rings (SSSR count). The average Bonchev–Trinajstić information content (AvgIpc) is 3.49. The van der Waals surface area contributed by atoms with Gasteiger partial charge in [0, 0.05) is 24.3 Å². The molecule has 3 aromatic rings. The van der Waals surface area contributed by atoms with Gasteiger partial charge < -0.3 is 14.4 Å². The van der Waals surface area contributed by atoms with Crippen molar-refractivity contribution in [2.45, 2.75) is 19.8 Å². The number of nitrogens with zero attached hydrogens (tertiary/aromatic N) is 3. The molecule has 2 heterocycles. The highest BCUT2D eigenvalue weighted by atomic mass is 35.5. The van der Waals surface area contributed by atoms with Crippen molar-refractivity contribution in [2.75, 3.05) is 32.2 Å². The first kappa shape index (κ1) is 21.9. The highest BCUT2D eigenvalue weighted by Crippen LogP contribution is 2.39. The number of aromatic nitrogens is 2. The summed E-state index contributed by atoms with van der Waals surface area (Å²) >= 11 is 6.81. The summed E-state index contributed by atoms with van der Waals surface area (Å²) in [5.41, 5.74) is 3.37. The highest BCUT2D eigenvalue weighted by molar-refractivity contribution is 6.34. The molecule has 166 valence electrons. The molecular weight excluding hydrogens is 430 g/mol. The molecular formula is C24H24ClN3O4. The number of carbonyl (C=O) groups excluding carboxylic acids is 2. The van der Waals surface area contributed by atoms with E-state index in [1.807, 2.05) is 37.3 Å². The number of methoxy groups -OCH3 is 2. The fraction of sp³-hybridized carbons (Fsp3) is 0.292. The third kappa shape index (κ3) is 3.73. The molecule has 1 aliphatic rings. The monoisotopic (exact) mass is 453 g/mol. The number of halogens is 1. The van der Waals surface area contributed by atoms with E-state index in [1.165, 1.54) is 18.9 Å². The Hall–Kier alpha value is -3.32. The lowest BCUT2D eigenvalue weighted by Gasteiger charge is -2.21. The summed E-state index contributed by atoms with van der Waals surface area (Å²) in [4.78, 5) is 27.9. The van der Waals surface area contributed by atoms with Gasteiger partial charge in [0.2, 0.25) is 0 Å². The van der Waals surface area contributed by atoms with Gasteiger partial charge in [-0.15, -0.1) is 0 Å². The lowest BCUT2D eigenvalue weighted by Crippen LogP contribution is -2.18. The van der Waals surface area contributed by atoms with Crippen LogP contribution in [0.15, 0.2) is 42.5 Å². The number of benzene rings is 2. The Balaban J connectivity index is 1.96. The van der Waals surface area contributed by atoms with Crippen LogP contribution in [0.4, 0.5) is 5.69 Å². The smallest absolute Gasteiger partial charge is 0.357 e. The number of hydrogen-bond donors (Lipinski definition) is 0. The Morgan fingerprint density at radius 1 is 0.969 bits per heavy atom. The second-order valence-electron chi connectivity index (χ2n) is 7.57. The van der Waals surface area contributed by atoms with Gasteiger partial charge in [-0.2, -0.15) is 5.10 Å². The SMILES string of the molecule is COC(=O)c1c(-c2ccc(N3CCCC3)c(C)c2Cl)nn(-c2ccccc2)c1C(=O)OC. The van der Waals surface area contributed by atoms with Crippen molar-refractivity contribution < 1.29 is 19.1 Å². The largest absolute Gasteiger partial charge is 0.465 e. The Morgan fingerprint density at radius 3 is 2.25 bits per heavy atom. The molecule has 0 saturated carbocycles. The van der Waals surface area contributed by atoms with Gasteiger partial charge in [0.15, 0.2) is 5.69 Å². The number of carbonyl (C=O) groups is 2. The number of para-hydroxylation sites is 1. The molecule has 1 fully saturated rings. The Bertz CT molecular complexity index is 1170. The van der Waals surface area contributed by atoms with Gasteiger partial charge in [0.25, 0.3) is 0 Å². The van der Waals surface area contributed by atoms with Crippen molar-refractivity contribution >= 4 is 29.2 Å². The predicted octanol–water partition coefficient (Wildman–Crippen LogP) is 4.67. The van der Waals surface area contributed by atoms with Gasteiger partial charge in [-0.1, -0.05) is 29.8 Å². The van der Waals surface area contributed by atoms with Crippen LogP contribution in [-0.2, 0) is 9.47 Å². The quantitative estimate of drug-likeness (QED) is 0.522. The molecule has 1 aliphatic heterocycles. The first-order valence-corrected chi connectivity index (χ1v) is 10.7. The number of rotatable bonds is 5. The highest BCUT2D eigenvalue weighted by Gasteiger charge is 2.32. The molecule has 0 unspecified atom stereocenters. The molecule has 8 heteroatoms. The van der Waals surface area contributed by atoms with Crippen LogP contribution in [0.2, 0.25) is 5.02 Å². The summed E-state index contributed by atoms with van der Waals surface area (Å²) in [6, 6.07) is 12.9. The second kappa shape index (κ2) is 9.04. The molecule has 2 aromatic carbocycles. The predicted molar refractivity (Wildman–Crippen MR) is 123 cm³/mol. The Morgan fingerprint density at radius 2 is 1.62 bits per heavy atom. The summed E-state index contributed by atoms with van der Waals surface area (Å²) in [6.07, 6.45) is 2.30. The van der Waals surface area contributed by atoms with E-state index in [1.54, 1.807) is 12.1 Å². The molecule has 0 bridgehead atoms. The van der Waals surface area contributed by atoms with Crippen LogP contribution >= 0.6 is 11.6 Å². The van der Waals surface area contributed by atoms with Crippen molar-refractivity contribution in [3.8, 4) is 16.9 Å². The van der Waals surface area contributed by atoms with Crippen molar-refractivity contribution in [2.24, 2.45) is 0 Å².